The number of benzene rings is 1. The molecule has 2 aromatic rings. The minimum Gasteiger partial charge on any atom is -0.354 e. The highest BCUT2D eigenvalue weighted by molar-refractivity contribution is 5.99. The summed E-state index contributed by atoms with van der Waals surface area (Å²) in [6.45, 7) is 5.95. The molecule has 0 atom stereocenters. The molecule has 0 aliphatic carbocycles. The summed E-state index contributed by atoms with van der Waals surface area (Å²) in [5.74, 6) is 0.862. The molecule has 20 heavy (non-hydrogen) atoms. The molecule has 4 nitrogen and oxygen atoms in total. The number of nitrogens with one attached hydrogen (secondary N) is 2. The van der Waals surface area contributed by atoms with Gasteiger partial charge in [-0.1, -0.05) is 6.07 Å². The fourth-order valence-corrected chi connectivity index (χ4v) is 2.30. The van der Waals surface area contributed by atoms with E-state index in [-0.39, 0.29) is 24.8 Å². The molecule has 1 aliphatic heterocycles. The number of aromatic nitrogens is 1. The average molecular weight is 313 g/mol. The minimum absolute atomic E-state index is 0. The maximum atomic E-state index is 4.44. The molecule has 1 aliphatic rings. The van der Waals surface area contributed by atoms with Crippen LogP contribution >= 0.6 is 24.8 Å². The van der Waals surface area contributed by atoms with E-state index in [1.54, 1.807) is 0 Å². The fourth-order valence-electron chi connectivity index (χ4n) is 2.30. The van der Waals surface area contributed by atoms with Gasteiger partial charge in [0.1, 0.15) is 0 Å². The first kappa shape index (κ1) is 16.5. The van der Waals surface area contributed by atoms with E-state index in [1.807, 2.05) is 12.3 Å². The molecule has 3 rings (SSSR count). The average Bonchev–Trinajstić information content (AvgIpc) is 2.89. The monoisotopic (exact) mass is 312 g/mol. The van der Waals surface area contributed by atoms with Crippen molar-refractivity contribution in [2.45, 2.75) is 13.8 Å². The van der Waals surface area contributed by atoms with Crippen LogP contribution in [0.3, 0.4) is 0 Å². The summed E-state index contributed by atoms with van der Waals surface area (Å²) in [5.41, 5.74) is 4.56. The standard InChI is InChI=1S/C14H16N4.2ClH/c1-9-8-12(18-14-16-6-7-17-14)10(2)11-4-3-5-15-13(9)11;;/h3-5,8H,6-7H2,1-2H3,(H2,16,17,18);2*1H. The van der Waals surface area contributed by atoms with Crippen LogP contribution in [-0.4, -0.2) is 24.0 Å². The van der Waals surface area contributed by atoms with E-state index in [1.165, 1.54) is 16.5 Å². The predicted octanol–water partition coefficient (Wildman–Crippen LogP) is 3.07. The Labute approximate surface area is 130 Å². The van der Waals surface area contributed by atoms with E-state index in [0.717, 1.165) is 30.3 Å². The van der Waals surface area contributed by atoms with Crippen molar-refractivity contribution in [3.8, 4) is 0 Å². The normalized spacial score (nSPS) is 13.0. The van der Waals surface area contributed by atoms with Gasteiger partial charge in [-0.15, -0.1) is 24.8 Å². The van der Waals surface area contributed by atoms with Crippen molar-refractivity contribution in [1.29, 1.82) is 0 Å². The van der Waals surface area contributed by atoms with Crippen LogP contribution < -0.4 is 10.6 Å². The maximum absolute atomic E-state index is 4.44. The van der Waals surface area contributed by atoms with Gasteiger partial charge in [-0.3, -0.25) is 9.98 Å². The van der Waals surface area contributed by atoms with Crippen LogP contribution in [0.25, 0.3) is 10.9 Å². The smallest absolute Gasteiger partial charge is 0.195 e. The third-order valence-corrected chi connectivity index (χ3v) is 3.28. The van der Waals surface area contributed by atoms with Gasteiger partial charge in [0.05, 0.1) is 12.1 Å². The van der Waals surface area contributed by atoms with Gasteiger partial charge in [0, 0.05) is 23.8 Å². The number of pyridine rings is 1. The second-order valence-corrected chi connectivity index (χ2v) is 4.55. The largest absolute Gasteiger partial charge is 0.354 e. The van der Waals surface area contributed by atoms with Crippen molar-refractivity contribution in [1.82, 2.24) is 10.3 Å². The summed E-state index contributed by atoms with van der Waals surface area (Å²) < 4.78 is 0. The Balaban J connectivity index is 0.000001000. The Morgan fingerprint density at radius 2 is 2.05 bits per heavy atom. The molecule has 1 aromatic heterocycles. The molecule has 108 valence electrons. The molecule has 0 radical (unpaired) electrons. The lowest BCUT2D eigenvalue weighted by Crippen LogP contribution is -2.26. The zero-order valence-electron chi connectivity index (χ0n) is 11.4. The van der Waals surface area contributed by atoms with Gasteiger partial charge >= 0.3 is 0 Å². The molecule has 6 heteroatoms. The molecule has 2 N–H and O–H groups in total. The second-order valence-electron chi connectivity index (χ2n) is 4.55. The first-order valence-electron chi connectivity index (χ1n) is 6.16. The molecule has 0 saturated heterocycles. The zero-order chi connectivity index (χ0) is 12.5. The van der Waals surface area contributed by atoms with Gasteiger partial charge in [0.15, 0.2) is 5.96 Å². The van der Waals surface area contributed by atoms with Crippen molar-refractivity contribution in [2.24, 2.45) is 4.99 Å². The topological polar surface area (TPSA) is 49.3 Å². The minimum atomic E-state index is 0. The van der Waals surface area contributed by atoms with Gasteiger partial charge in [0.2, 0.25) is 0 Å². The van der Waals surface area contributed by atoms with Gasteiger partial charge in [-0.25, -0.2) is 0 Å². The van der Waals surface area contributed by atoms with Crippen LogP contribution in [0, 0.1) is 13.8 Å². The highest BCUT2D eigenvalue weighted by Gasteiger charge is 2.10. The highest BCUT2D eigenvalue weighted by atomic mass is 35.5. The molecule has 0 unspecified atom stereocenters. The lowest BCUT2D eigenvalue weighted by molar-refractivity contribution is 0.959. The second kappa shape index (κ2) is 6.77. The number of guanidine groups is 1. The number of hydrogen-bond donors (Lipinski definition) is 2. The summed E-state index contributed by atoms with van der Waals surface area (Å²) in [7, 11) is 0. The molecule has 1 aromatic carbocycles. The van der Waals surface area contributed by atoms with Gasteiger partial charge in [-0.2, -0.15) is 0 Å². The first-order valence-corrected chi connectivity index (χ1v) is 6.16. The third-order valence-electron chi connectivity index (χ3n) is 3.28. The van der Waals surface area contributed by atoms with Crippen molar-refractivity contribution in [2.75, 3.05) is 18.4 Å². The molecular weight excluding hydrogens is 295 g/mol. The third kappa shape index (κ3) is 2.97. The number of aryl methyl sites for hydroxylation is 2. The Kier molecular flexibility index (Phi) is 5.60. The zero-order valence-corrected chi connectivity index (χ0v) is 13.1. The molecule has 0 amide bonds. The summed E-state index contributed by atoms with van der Waals surface area (Å²) in [6, 6.07) is 6.22. The van der Waals surface area contributed by atoms with E-state index in [2.05, 4.69) is 46.6 Å². The fraction of sp³-hybridized carbons (Fsp3) is 0.286. The summed E-state index contributed by atoms with van der Waals surface area (Å²) in [6.07, 6.45) is 1.84. The Hall–Kier alpha value is -1.52. The van der Waals surface area contributed by atoms with Crippen LogP contribution in [0.5, 0.6) is 0 Å². The number of anilines is 1. The van der Waals surface area contributed by atoms with Crippen molar-refractivity contribution in [3.05, 3.63) is 35.5 Å². The molecule has 2 heterocycles. The van der Waals surface area contributed by atoms with Crippen molar-refractivity contribution < 1.29 is 0 Å². The molecule has 0 spiro atoms. The lowest BCUT2D eigenvalue weighted by Gasteiger charge is -2.13. The SMILES string of the molecule is Cc1c(NC2=NCCN2)cc(C)c2ncccc12.Cl.Cl. The molecular formula is C14H18Cl2N4. The van der Waals surface area contributed by atoms with Crippen LogP contribution in [0.2, 0.25) is 0 Å². The van der Waals surface area contributed by atoms with E-state index in [9.17, 15) is 0 Å². The molecule has 0 bridgehead atoms. The predicted molar refractivity (Wildman–Crippen MR) is 89.6 cm³/mol. The number of aliphatic imine (C=N–C) groups is 1. The number of fused-ring (bicyclic) bond motifs is 1. The maximum Gasteiger partial charge on any atom is 0.195 e. The summed E-state index contributed by atoms with van der Waals surface area (Å²) in [4.78, 5) is 8.80. The molecule has 0 saturated carbocycles. The summed E-state index contributed by atoms with van der Waals surface area (Å²) in [5, 5.41) is 7.77. The number of nitrogens with zero attached hydrogens (tertiary/aromatic N) is 2. The van der Waals surface area contributed by atoms with Gasteiger partial charge in [-0.05, 0) is 37.1 Å². The first-order chi connectivity index (χ1) is 8.75. The van der Waals surface area contributed by atoms with E-state index in [0.29, 0.717) is 0 Å². The van der Waals surface area contributed by atoms with Crippen LogP contribution in [0.1, 0.15) is 11.1 Å². The van der Waals surface area contributed by atoms with Gasteiger partial charge < -0.3 is 10.6 Å². The number of rotatable bonds is 1. The highest BCUT2D eigenvalue weighted by Crippen LogP contribution is 2.27. The number of halogens is 2. The van der Waals surface area contributed by atoms with Crippen LogP contribution in [0.15, 0.2) is 29.4 Å². The Bertz CT molecular complexity index is 640. The lowest BCUT2D eigenvalue weighted by atomic mass is 10.0. The van der Waals surface area contributed by atoms with E-state index in [4.69, 9.17) is 0 Å². The Morgan fingerprint density at radius 3 is 2.75 bits per heavy atom. The Morgan fingerprint density at radius 1 is 1.25 bits per heavy atom. The van der Waals surface area contributed by atoms with E-state index < -0.39 is 0 Å². The quantitative estimate of drug-likeness (QED) is 0.851. The summed E-state index contributed by atoms with van der Waals surface area (Å²) >= 11 is 0. The van der Waals surface area contributed by atoms with Gasteiger partial charge in [0.25, 0.3) is 0 Å². The van der Waals surface area contributed by atoms with Crippen molar-refractivity contribution >= 4 is 47.4 Å². The van der Waals surface area contributed by atoms with Crippen molar-refractivity contribution in [3.63, 3.8) is 0 Å². The number of hydrogen-bond acceptors (Lipinski definition) is 4. The van der Waals surface area contributed by atoms with Crippen LogP contribution in [-0.2, 0) is 0 Å². The molecule has 0 fully saturated rings. The van der Waals surface area contributed by atoms with E-state index >= 15 is 0 Å². The van der Waals surface area contributed by atoms with Crippen LogP contribution in [0.4, 0.5) is 5.69 Å².